The zero-order valence-corrected chi connectivity index (χ0v) is 7.25. The maximum absolute atomic E-state index is 8.56. The Bertz CT molecular complexity index is 490. The van der Waals surface area contributed by atoms with E-state index < -0.39 is 0 Å². The van der Waals surface area contributed by atoms with Crippen LogP contribution in [-0.4, -0.2) is 21.2 Å². The molecule has 5 nitrogen and oxygen atoms in total. The molecule has 3 N–H and O–H groups in total. The fraction of sp³-hybridized carbons (Fsp3) is 0. The van der Waals surface area contributed by atoms with Crippen LogP contribution in [0.25, 0.3) is 10.9 Å². The summed E-state index contributed by atoms with van der Waals surface area (Å²) in [5.74, 6) is 0.0381. The fourth-order valence-corrected chi connectivity index (χ4v) is 1.26. The van der Waals surface area contributed by atoms with Crippen LogP contribution in [0, 0.1) is 0 Å². The van der Waals surface area contributed by atoms with Crippen LogP contribution >= 0.6 is 0 Å². The third-order valence-electron chi connectivity index (χ3n) is 1.93. The van der Waals surface area contributed by atoms with Crippen LogP contribution in [0.5, 0.6) is 0 Å². The normalized spacial score (nSPS) is 11.9. The lowest BCUT2D eigenvalue weighted by Crippen LogP contribution is -2.14. The smallest absolute Gasteiger partial charge is 0.172 e. The monoisotopic (exact) mass is 188 g/mol. The summed E-state index contributed by atoms with van der Waals surface area (Å²) in [4.78, 5) is 0. The lowest BCUT2D eigenvalue weighted by Gasteiger charge is -2.01. The van der Waals surface area contributed by atoms with Crippen molar-refractivity contribution in [1.29, 1.82) is 0 Å². The van der Waals surface area contributed by atoms with Crippen molar-refractivity contribution in [3.05, 3.63) is 36.0 Å². The maximum atomic E-state index is 8.56. The SMILES string of the molecule is NC(=NO)c1cnnc2ccccc12. The lowest BCUT2D eigenvalue weighted by molar-refractivity contribution is 0.318. The molecule has 2 rings (SSSR count). The van der Waals surface area contributed by atoms with Crippen LogP contribution in [0.1, 0.15) is 5.56 Å². The first kappa shape index (κ1) is 8.43. The van der Waals surface area contributed by atoms with E-state index >= 15 is 0 Å². The van der Waals surface area contributed by atoms with Gasteiger partial charge in [-0.2, -0.15) is 10.2 Å². The van der Waals surface area contributed by atoms with Crippen LogP contribution < -0.4 is 5.73 Å². The second-order valence-corrected chi connectivity index (χ2v) is 2.76. The predicted octanol–water partition coefficient (Wildman–Crippen LogP) is 0.724. The standard InChI is InChI=1S/C9H8N4O/c10-9(13-14)7-5-11-12-8-4-2-1-3-6(7)8/h1-5,14H,(H2,10,13). The number of aromatic nitrogens is 2. The molecule has 14 heavy (non-hydrogen) atoms. The molecule has 0 spiro atoms. The van der Waals surface area contributed by atoms with Gasteiger partial charge in [0, 0.05) is 10.9 Å². The molecule has 0 atom stereocenters. The first-order valence-corrected chi connectivity index (χ1v) is 4.01. The van der Waals surface area contributed by atoms with Crippen molar-refractivity contribution in [3.8, 4) is 0 Å². The number of fused-ring (bicyclic) bond motifs is 1. The minimum atomic E-state index is 0.0381. The molecule has 0 aliphatic heterocycles. The van der Waals surface area contributed by atoms with Gasteiger partial charge in [-0.25, -0.2) is 0 Å². The molecule has 0 saturated heterocycles. The summed E-state index contributed by atoms with van der Waals surface area (Å²) in [5.41, 5.74) is 6.79. The summed E-state index contributed by atoms with van der Waals surface area (Å²) >= 11 is 0. The molecular weight excluding hydrogens is 180 g/mol. The highest BCUT2D eigenvalue weighted by Gasteiger charge is 2.05. The number of oxime groups is 1. The predicted molar refractivity (Wildman–Crippen MR) is 52.0 cm³/mol. The lowest BCUT2D eigenvalue weighted by atomic mass is 10.1. The highest BCUT2D eigenvalue weighted by Crippen LogP contribution is 2.14. The number of nitrogens with zero attached hydrogens (tertiary/aromatic N) is 3. The van der Waals surface area contributed by atoms with Crippen LogP contribution in [0.15, 0.2) is 35.6 Å². The molecule has 0 aliphatic carbocycles. The minimum absolute atomic E-state index is 0.0381. The number of hydrogen-bond acceptors (Lipinski definition) is 4. The zero-order chi connectivity index (χ0) is 9.97. The number of amidine groups is 1. The van der Waals surface area contributed by atoms with E-state index in [0.29, 0.717) is 5.56 Å². The van der Waals surface area contributed by atoms with Crippen molar-refractivity contribution in [2.45, 2.75) is 0 Å². The fourth-order valence-electron chi connectivity index (χ4n) is 1.26. The van der Waals surface area contributed by atoms with Crippen molar-refractivity contribution in [2.75, 3.05) is 0 Å². The Balaban J connectivity index is 2.77. The van der Waals surface area contributed by atoms with Crippen molar-refractivity contribution in [2.24, 2.45) is 10.9 Å². The van der Waals surface area contributed by atoms with Crippen molar-refractivity contribution in [1.82, 2.24) is 10.2 Å². The summed E-state index contributed by atoms with van der Waals surface area (Å²) in [6.45, 7) is 0. The van der Waals surface area contributed by atoms with Gasteiger partial charge in [0.25, 0.3) is 0 Å². The van der Waals surface area contributed by atoms with Crippen LogP contribution in [0.3, 0.4) is 0 Å². The Kier molecular flexibility index (Phi) is 1.98. The number of benzene rings is 1. The van der Waals surface area contributed by atoms with Gasteiger partial charge in [-0.15, -0.1) is 0 Å². The summed E-state index contributed by atoms with van der Waals surface area (Å²) in [5, 5.41) is 20.0. The first-order valence-electron chi connectivity index (χ1n) is 4.01. The van der Waals surface area contributed by atoms with Crippen molar-refractivity contribution in [3.63, 3.8) is 0 Å². The van der Waals surface area contributed by atoms with E-state index in [0.717, 1.165) is 10.9 Å². The summed E-state index contributed by atoms with van der Waals surface area (Å²) < 4.78 is 0. The number of hydrogen-bond donors (Lipinski definition) is 2. The van der Waals surface area contributed by atoms with Gasteiger partial charge < -0.3 is 10.9 Å². The Labute approximate surface area is 79.9 Å². The maximum Gasteiger partial charge on any atom is 0.172 e. The molecular formula is C9H8N4O. The van der Waals surface area contributed by atoms with Gasteiger partial charge in [-0.3, -0.25) is 0 Å². The Morgan fingerprint density at radius 3 is 2.93 bits per heavy atom. The Morgan fingerprint density at radius 2 is 2.14 bits per heavy atom. The molecule has 0 saturated carbocycles. The molecule has 1 aromatic carbocycles. The van der Waals surface area contributed by atoms with Gasteiger partial charge in [0.2, 0.25) is 0 Å². The second-order valence-electron chi connectivity index (χ2n) is 2.76. The third kappa shape index (κ3) is 1.24. The molecule has 5 heteroatoms. The highest BCUT2D eigenvalue weighted by molar-refractivity contribution is 6.07. The summed E-state index contributed by atoms with van der Waals surface area (Å²) in [6.07, 6.45) is 1.47. The molecule has 2 aromatic rings. The largest absolute Gasteiger partial charge is 0.409 e. The van der Waals surface area contributed by atoms with Gasteiger partial charge in [0.1, 0.15) is 0 Å². The summed E-state index contributed by atoms with van der Waals surface area (Å²) in [7, 11) is 0. The number of rotatable bonds is 1. The average Bonchev–Trinajstić information content (AvgIpc) is 2.27. The molecule has 70 valence electrons. The molecule has 0 radical (unpaired) electrons. The topological polar surface area (TPSA) is 84.4 Å². The molecule has 0 unspecified atom stereocenters. The van der Waals surface area contributed by atoms with Gasteiger partial charge in [-0.05, 0) is 6.07 Å². The second kappa shape index (κ2) is 3.29. The van der Waals surface area contributed by atoms with E-state index in [-0.39, 0.29) is 5.84 Å². The third-order valence-corrected chi connectivity index (χ3v) is 1.93. The van der Waals surface area contributed by atoms with Crippen molar-refractivity contribution >= 4 is 16.7 Å². The molecule has 0 amide bonds. The minimum Gasteiger partial charge on any atom is -0.409 e. The van der Waals surface area contributed by atoms with Crippen LogP contribution in [0.4, 0.5) is 0 Å². The van der Waals surface area contributed by atoms with E-state index in [1.165, 1.54) is 6.20 Å². The van der Waals surface area contributed by atoms with Gasteiger partial charge in [0.15, 0.2) is 5.84 Å². The van der Waals surface area contributed by atoms with E-state index in [4.69, 9.17) is 10.9 Å². The molecule has 0 bridgehead atoms. The van der Waals surface area contributed by atoms with E-state index in [2.05, 4.69) is 15.4 Å². The molecule has 1 heterocycles. The van der Waals surface area contributed by atoms with Gasteiger partial charge >= 0.3 is 0 Å². The Morgan fingerprint density at radius 1 is 1.36 bits per heavy atom. The molecule has 0 fully saturated rings. The molecule has 1 aromatic heterocycles. The average molecular weight is 188 g/mol. The number of nitrogens with two attached hydrogens (primary N) is 1. The van der Waals surface area contributed by atoms with Crippen LogP contribution in [-0.2, 0) is 0 Å². The van der Waals surface area contributed by atoms with E-state index in [1.54, 1.807) is 0 Å². The highest BCUT2D eigenvalue weighted by atomic mass is 16.4. The van der Waals surface area contributed by atoms with Crippen LogP contribution in [0.2, 0.25) is 0 Å². The van der Waals surface area contributed by atoms with E-state index in [9.17, 15) is 0 Å². The van der Waals surface area contributed by atoms with Crippen molar-refractivity contribution < 1.29 is 5.21 Å². The molecule has 0 aliphatic rings. The first-order chi connectivity index (χ1) is 6.83. The van der Waals surface area contributed by atoms with Gasteiger partial charge in [0.05, 0.1) is 11.7 Å². The van der Waals surface area contributed by atoms with E-state index in [1.807, 2.05) is 24.3 Å². The quantitative estimate of drug-likeness (QED) is 0.299. The summed E-state index contributed by atoms with van der Waals surface area (Å²) in [6, 6.07) is 7.37. The Hall–Kier alpha value is -2.17. The van der Waals surface area contributed by atoms with Gasteiger partial charge in [-0.1, -0.05) is 23.4 Å². The zero-order valence-electron chi connectivity index (χ0n) is 7.25.